The number of nitro groups is 1. The Kier molecular flexibility index (Phi) is 5.09. The number of rotatable bonds is 5. The Hall–Kier alpha value is -2.09. The molecule has 1 amide bonds. The molecule has 8 heteroatoms. The molecule has 0 spiro atoms. The van der Waals surface area contributed by atoms with E-state index in [0.717, 1.165) is 0 Å². The van der Waals surface area contributed by atoms with E-state index in [1.54, 1.807) is 13.8 Å². The minimum atomic E-state index is -1.35. The minimum absolute atomic E-state index is 0.123. The van der Waals surface area contributed by atoms with Crippen molar-refractivity contribution >= 4 is 11.6 Å². The summed E-state index contributed by atoms with van der Waals surface area (Å²) >= 11 is 0. The number of aliphatic hydroxyl groups is 1. The summed E-state index contributed by atoms with van der Waals surface area (Å²) in [6.45, 7) is 3.09. The third kappa shape index (κ3) is 3.47. The molecule has 2 N–H and O–H groups in total. The van der Waals surface area contributed by atoms with Crippen molar-refractivity contribution in [1.82, 2.24) is 5.32 Å². The molecule has 0 aliphatic heterocycles. The highest BCUT2D eigenvalue weighted by Gasteiger charge is 2.24. The second-order valence-corrected chi connectivity index (χ2v) is 4.55. The summed E-state index contributed by atoms with van der Waals surface area (Å²) in [5.74, 6) is -3.63. The van der Waals surface area contributed by atoms with Crippen LogP contribution in [-0.4, -0.2) is 28.6 Å². The summed E-state index contributed by atoms with van der Waals surface area (Å²) in [5.41, 5.74) is -1.63. The molecule has 1 rings (SSSR count). The fourth-order valence-electron chi connectivity index (χ4n) is 1.52. The van der Waals surface area contributed by atoms with Crippen molar-refractivity contribution in [3.05, 3.63) is 39.4 Å². The van der Waals surface area contributed by atoms with Gasteiger partial charge in [-0.25, -0.2) is 4.39 Å². The number of nitrogens with one attached hydrogen (secondary N) is 1. The lowest BCUT2D eigenvalue weighted by Crippen LogP contribution is -2.41. The van der Waals surface area contributed by atoms with Crippen LogP contribution in [0, 0.1) is 27.7 Å². The molecule has 1 aromatic carbocycles. The first-order valence-electron chi connectivity index (χ1n) is 5.83. The molecule has 110 valence electrons. The number of nitro benzene ring substituents is 1. The van der Waals surface area contributed by atoms with E-state index in [4.69, 9.17) is 5.11 Å². The normalized spacial score (nSPS) is 12.3. The smallest absolute Gasteiger partial charge is 0.305 e. The van der Waals surface area contributed by atoms with Crippen molar-refractivity contribution in [2.24, 2.45) is 5.92 Å². The number of halogens is 2. The predicted octanol–water partition coefficient (Wildman–Crippen LogP) is 1.62. The summed E-state index contributed by atoms with van der Waals surface area (Å²) in [5, 5.41) is 22.0. The quantitative estimate of drug-likeness (QED) is 0.636. The summed E-state index contributed by atoms with van der Waals surface area (Å²) in [6, 6.07) is 0.191. The lowest BCUT2D eigenvalue weighted by atomic mass is 10.0. The average molecular weight is 288 g/mol. The Balaban J connectivity index is 3.10. The number of hydrogen-bond donors (Lipinski definition) is 2. The van der Waals surface area contributed by atoms with Crippen LogP contribution in [0.2, 0.25) is 0 Å². The molecule has 20 heavy (non-hydrogen) atoms. The van der Waals surface area contributed by atoms with Crippen molar-refractivity contribution in [3.63, 3.8) is 0 Å². The maximum absolute atomic E-state index is 13.5. The molecule has 1 atom stereocenters. The summed E-state index contributed by atoms with van der Waals surface area (Å²) in [6.07, 6.45) is 0. The molecule has 0 aromatic heterocycles. The molecule has 1 unspecified atom stereocenters. The Morgan fingerprint density at radius 2 is 2.00 bits per heavy atom. The van der Waals surface area contributed by atoms with Gasteiger partial charge in [-0.1, -0.05) is 13.8 Å². The van der Waals surface area contributed by atoms with Crippen LogP contribution in [0.1, 0.15) is 24.2 Å². The van der Waals surface area contributed by atoms with Crippen molar-refractivity contribution in [3.8, 4) is 0 Å². The van der Waals surface area contributed by atoms with Crippen LogP contribution in [0.25, 0.3) is 0 Å². The second-order valence-electron chi connectivity index (χ2n) is 4.55. The summed E-state index contributed by atoms with van der Waals surface area (Å²) in [7, 11) is 0. The zero-order valence-electron chi connectivity index (χ0n) is 10.9. The van der Waals surface area contributed by atoms with Crippen LogP contribution in [0.15, 0.2) is 12.1 Å². The van der Waals surface area contributed by atoms with E-state index in [-0.39, 0.29) is 18.6 Å². The Labute approximate surface area is 113 Å². The third-order valence-electron chi connectivity index (χ3n) is 2.80. The maximum atomic E-state index is 13.5. The van der Waals surface area contributed by atoms with Crippen LogP contribution >= 0.6 is 0 Å². The largest absolute Gasteiger partial charge is 0.394 e. The van der Waals surface area contributed by atoms with Gasteiger partial charge in [-0.2, -0.15) is 4.39 Å². The topological polar surface area (TPSA) is 92.5 Å². The van der Waals surface area contributed by atoms with Crippen molar-refractivity contribution in [1.29, 1.82) is 0 Å². The highest BCUT2D eigenvalue weighted by molar-refractivity contribution is 5.95. The van der Waals surface area contributed by atoms with E-state index in [0.29, 0.717) is 6.07 Å². The molecule has 0 fully saturated rings. The van der Waals surface area contributed by atoms with E-state index in [2.05, 4.69) is 5.32 Å². The number of nitrogens with zero attached hydrogens (tertiary/aromatic N) is 1. The molecule has 0 bridgehead atoms. The maximum Gasteiger partial charge on any atom is 0.305 e. The predicted molar refractivity (Wildman–Crippen MR) is 66.2 cm³/mol. The molecular formula is C12H14F2N2O4. The third-order valence-corrected chi connectivity index (χ3v) is 2.80. The number of carbonyl (C=O) groups excluding carboxylic acids is 1. The van der Waals surface area contributed by atoms with Gasteiger partial charge in [0.1, 0.15) is 5.82 Å². The van der Waals surface area contributed by atoms with Crippen LogP contribution < -0.4 is 5.32 Å². The highest BCUT2D eigenvalue weighted by Crippen LogP contribution is 2.21. The number of hydrogen-bond acceptors (Lipinski definition) is 4. The summed E-state index contributed by atoms with van der Waals surface area (Å²) < 4.78 is 26.7. The van der Waals surface area contributed by atoms with E-state index in [1.165, 1.54) is 0 Å². The zero-order chi connectivity index (χ0) is 15.4. The van der Waals surface area contributed by atoms with Crippen molar-refractivity contribution in [2.45, 2.75) is 19.9 Å². The van der Waals surface area contributed by atoms with Gasteiger partial charge in [0, 0.05) is 12.1 Å². The zero-order valence-corrected chi connectivity index (χ0v) is 10.9. The Morgan fingerprint density at radius 1 is 1.40 bits per heavy atom. The average Bonchev–Trinajstić information content (AvgIpc) is 2.34. The van der Waals surface area contributed by atoms with Gasteiger partial charge < -0.3 is 10.4 Å². The molecule has 0 saturated heterocycles. The van der Waals surface area contributed by atoms with E-state index in [1.807, 2.05) is 0 Å². The van der Waals surface area contributed by atoms with Gasteiger partial charge in [-0.15, -0.1) is 0 Å². The molecule has 0 aliphatic carbocycles. The lowest BCUT2D eigenvalue weighted by Gasteiger charge is -2.19. The number of benzene rings is 1. The molecule has 1 aromatic rings. The van der Waals surface area contributed by atoms with Gasteiger partial charge in [0.25, 0.3) is 5.91 Å². The van der Waals surface area contributed by atoms with E-state index in [9.17, 15) is 23.7 Å². The van der Waals surface area contributed by atoms with E-state index >= 15 is 0 Å². The van der Waals surface area contributed by atoms with Gasteiger partial charge >= 0.3 is 5.69 Å². The molecule has 0 aliphatic rings. The van der Waals surface area contributed by atoms with Gasteiger partial charge in [0.05, 0.1) is 23.1 Å². The van der Waals surface area contributed by atoms with Crippen LogP contribution in [0.5, 0.6) is 0 Å². The van der Waals surface area contributed by atoms with Gasteiger partial charge in [0.15, 0.2) is 0 Å². The van der Waals surface area contributed by atoms with Crippen molar-refractivity contribution in [2.75, 3.05) is 6.61 Å². The highest BCUT2D eigenvalue weighted by atomic mass is 19.1. The molecule has 6 nitrogen and oxygen atoms in total. The monoisotopic (exact) mass is 288 g/mol. The second kappa shape index (κ2) is 6.38. The van der Waals surface area contributed by atoms with Gasteiger partial charge in [0.2, 0.25) is 5.82 Å². The Bertz CT molecular complexity index is 534. The fourth-order valence-corrected chi connectivity index (χ4v) is 1.52. The SMILES string of the molecule is CC(C)C(CO)NC(=O)c1cc([N+](=O)[O-])c(F)cc1F. The van der Waals surface area contributed by atoms with E-state index < -0.39 is 39.8 Å². The van der Waals surface area contributed by atoms with Crippen LogP contribution in [0.4, 0.5) is 14.5 Å². The molecule has 0 radical (unpaired) electrons. The molecule has 0 heterocycles. The van der Waals surface area contributed by atoms with Gasteiger partial charge in [-0.05, 0) is 5.92 Å². The Morgan fingerprint density at radius 3 is 2.45 bits per heavy atom. The van der Waals surface area contributed by atoms with Crippen LogP contribution in [0.3, 0.4) is 0 Å². The van der Waals surface area contributed by atoms with Crippen LogP contribution in [-0.2, 0) is 0 Å². The standard InChI is InChI=1S/C12H14F2N2O4/c1-6(2)10(5-17)15-12(18)7-3-11(16(19)20)9(14)4-8(7)13/h3-4,6,10,17H,5H2,1-2H3,(H,15,18). The molecule has 0 saturated carbocycles. The first-order valence-corrected chi connectivity index (χ1v) is 5.83. The van der Waals surface area contributed by atoms with Gasteiger partial charge in [-0.3, -0.25) is 14.9 Å². The fraction of sp³-hybridized carbons (Fsp3) is 0.417. The molecular weight excluding hydrogens is 274 g/mol. The number of carbonyl (C=O) groups is 1. The van der Waals surface area contributed by atoms with Crippen molar-refractivity contribution < 1.29 is 23.6 Å². The summed E-state index contributed by atoms with van der Waals surface area (Å²) in [4.78, 5) is 21.3. The number of amides is 1. The minimum Gasteiger partial charge on any atom is -0.394 e. The lowest BCUT2D eigenvalue weighted by molar-refractivity contribution is -0.387. The number of aliphatic hydroxyl groups excluding tert-OH is 1. The first-order chi connectivity index (χ1) is 9.27. The first kappa shape index (κ1) is 16.0.